The standard InChI is InChI=1S/C18H25F3N2O2.ClH/c1-13(15-6-4-8-22-11-15)9-17(24)23(2)12-14-5-3-7-16(10-14)25-18(19,20)21;/h3,5,7,10,13,15,22H,4,6,8-9,11-12H2,1-2H3;1H. The summed E-state index contributed by atoms with van der Waals surface area (Å²) in [6.45, 7) is 4.31. The molecule has 0 spiro atoms. The summed E-state index contributed by atoms with van der Waals surface area (Å²) in [5, 5.41) is 3.35. The smallest absolute Gasteiger partial charge is 0.406 e. The van der Waals surface area contributed by atoms with E-state index >= 15 is 0 Å². The molecule has 148 valence electrons. The molecule has 2 atom stereocenters. The van der Waals surface area contributed by atoms with Gasteiger partial charge in [-0.25, -0.2) is 0 Å². The van der Waals surface area contributed by atoms with Gasteiger partial charge in [0.05, 0.1) is 0 Å². The van der Waals surface area contributed by atoms with E-state index in [1.54, 1.807) is 18.0 Å². The van der Waals surface area contributed by atoms with Crippen molar-refractivity contribution in [3.8, 4) is 5.75 Å². The third kappa shape index (κ3) is 7.41. The molecule has 1 fully saturated rings. The van der Waals surface area contributed by atoms with Gasteiger partial charge in [-0.1, -0.05) is 19.1 Å². The second-order valence-corrected chi connectivity index (χ2v) is 6.73. The fraction of sp³-hybridized carbons (Fsp3) is 0.611. The molecule has 1 heterocycles. The molecular weight excluding hydrogens is 369 g/mol. The normalized spacial score (nSPS) is 18.6. The number of amides is 1. The van der Waals surface area contributed by atoms with E-state index in [0.29, 0.717) is 17.9 Å². The first-order valence-corrected chi connectivity index (χ1v) is 8.54. The monoisotopic (exact) mass is 394 g/mol. The predicted molar refractivity (Wildman–Crippen MR) is 96.2 cm³/mol. The summed E-state index contributed by atoms with van der Waals surface area (Å²) < 4.78 is 40.8. The zero-order valence-corrected chi connectivity index (χ0v) is 15.8. The topological polar surface area (TPSA) is 41.6 Å². The maximum absolute atomic E-state index is 12.4. The molecule has 26 heavy (non-hydrogen) atoms. The first-order valence-electron chi connectivity index (χ1n) is 8.54. The number of piperidine rings is 1. The Hall–Kier alpha value is -1.47. The fourth-order valence-corrected chi connectivity index (χ4v) is 3.17. The number of nitrogens with zero attached hydrogens (tertiary/aromatic N) is 1. The minimum atomic E-state index is -4.72. The molecule has 1 aromatic carbocycles. The third-order valence-electron chi connectivity index (χ3n) is 4.61. The van der Waals surface area contributed by atoms with Crippen molar-refractivity contribution >= 4 is 18.3 Å². The van der Waals surface area contributed by atoms with Crippen molar-refractivity contribution in [2.45, 2.75) is 39.1 Å². The van der Waals surface area contributed by atoms with Gasteiger partial charge in [-0.2, -0.15) is 0 Å². The van der Waals surface area contributed by atoms with Gasteiger partial charge in [0.1, 0.15) is 5.75 Å². The summed E-state index contributed by atoms with van der Waals surface area (Å²) >= 11 is 0. The number of halogens is 4. The second-order valence-electron chi connectivity index (χ2n) is 6.73. The molecule has 2 rings (SSSR count). The van der Waals surface area contributed by atoms with Gasteiger partial charge in [0.2, 0.25) is 5.91 Å². The Balaban J connectivity index is 0.00000338. The molecule has 4 nitrogen and oxygen atoms in total. The van der Waals surface area contributed by atoms with E-state index in [2.05, 4.69) is 17.0 Å². The van der Waals surface area contributed by atoms with Crippen LogP contribution in [0.5, 0.6) is 5.75 Å². The summed E-state index contributed by atoms with van der Waals surface area (Å²) in [7, 11) is 1.67. The van der Waals surface area contributed by atoms with Crippen LogP contribution in [0.2, 0.25) is 0 Å². The van der Waals surface area contributed by atoms with Crippen LogP contribution < -0.4 is 10.1 Å². The molecule has 1 aliphatic heterocycles. The number of hydrogen-bond donors (Lipinski definition) is 1. The summed E-state index contributed by atoms with van der Waals surface area (Å²) in [5.74, 6) is 0.505. The van der Waals surface area contributed by atoms with Gasteiger partial charge < -0.3 is 15.0 Å². The number of nitrogens with one attached hydrogen (secondary N) is 1. The third-order valence-corrected chi connectivity index (χ3v) is 4.61. The Kier molecular flexibility index (Phi) is 8.70. The van der Waals surface area contributed by atoms with E-state index in [0.717, 1.165) is 25.9 Å². The van der Waals surface area contributed by atoms with Crippen molar-refractivity contribution in [1.82, 2.24) is 10.2 Å². The van der Waals surface area contributed by atoms with Gasteiger partial charge in [-0.3, -0.25) is 4.79 Å². The van der Waals surface area contributed by atoms with Crippen LogP contribution in [0.1, 0.15) is 31.7 Å². The van der Waals surface area contributed by atoms with Crippen LogP contribution in [0.15, 0.2) is 24.3 Å². The first kappa shape index (κ1) is 22.6. The molecular formula is C18H26ClF3N2O2. The van der Waals surface area contributed by atoms with E-state index in [9.17, 15) is 18.0 Å². The number of ether oxygens (including phenoxy) is 1. The predicted octanol–water partition coefficient (Wildman–Crippen LogP) is 3.99. The van der Waals surface area contributed by atoms with Crippen LogP contribution >= 0.6 is 12.4 Å². The lowest BCUT2D eigenvalue weighted by Crippen LogP contribution is -2.36. The van der Waals surface area contributed by atoms with E-state index in [-0.39, 0.29) is 36.5 Å². The van der Waals surface area contributed by atoms with Crippen LogP contribution in [0.3, 0.4) is 0 Å². The van der Waals surface area contributed by atoms with Crippen LogP contribution in [0.25, 0.3) is 0 Å². The number of rotatable bonds is 6. The number of hydrogen-bond acceptors (Lipinski definition) is 3. The highest BCUT2D eigenvalue weighted by Gasteiger charge is 2.31. The van der Waals surface area contributed by atoms with E-state index in [4.69, 9.17) is 0 Å². The molecule has 0 saturated carbocycles. The molecule has 1 amide bonds. The second kappa shape index (κ2) is 10.0. The minimum absolute atomic E-state index is 0. The van der Waals surface area contributed by atoms with Gasteiger partial charge in [0.15, 0.2) is 0 Å². The van der Waals surface area contributed by atoms with Crippen molar-refractivity contribution in [2.75, 3.05) is 20.1 Å². The summed E-state index contributed by atoms with van der Waals surface area (Å²) in [4.78, 5) is 14.0. The number of benzene rings is 1. The molecule has 1 N–H and O–H groups in total. The summed E-state index contributed by atoms with van der Waals surface area (Å²) in [5.41, 5.74) is 0.601. The highest BCUT2D eigenvalue weighted by atomic mass is 35.5. The van der Waals surface area contributed by atoms with Crippen molar-refractivity contribution in [2.24, 2.45) is 11.8 Å². The van der Waals surface area contributed by atoms with Gasteiger partial charge in [-0.05, 0) is 55.5 Å². The lowest BCUT2D eigenvalue weighted by molar-refractivity contribution is -0.274. The molecule has 1 saturated heterocycles. The minimum Gasteiger partial charge on any atom is -0.406 e. The van der Waals surface area contributed by atoms with Gasteiger partial charge in [0.25, 0.3) is 0 Å². The Labute approximate surface area is 158 Å². The Morgan fingerprint density at radius 2 is 2.15 bits per heavy atom. The highest BCUT2D eigenvalue weighted by molar-refractivity contribution is 5.85. The average molecular weight is 395 g/mol. The van der Waals surface area contributed by atoms with Crippen LogP contribution in [-0.2, 0) is 11.3 Å². The van der Waals surface area contributed by atoms with Gasteiger partial charge in [0, 0.05) is 20.0 Å². The number of carbonyl (C=O) groups is 1. The molecule has 0 aromatic heterocycles. The van der Waals surface area contributed by atoms with E-state index in [1.165, 1.54) is 18.2 Å². The van der Waals surface area contributed by atoms with Crippen molar-refractivity contribution in [1.29, 1.82) is 0 Å². The number of alkyl halides is 3. The maximum atomic E-state index is 12.4. The zero-order valence-electron chi connectivity index (χ0n) is 15.0. The first-order chi connectivity index (χ1) is 11.7. The molecule has 1 aliphatic rings. The fourth-order valence-electron chi connectivity index (χ4n) is 3.17. The van der Waals surface area contributed by atoms with Crippen LogP contribution in [0, 0.1) is 11.8 Å². The molecule has 8 heteroatoms. The summed E-state index contributed by atoms with van der Waals surface area (Å²) in [6.07, 6.45) is -2.02. The van der Waals surface area contributed by atoms with Crippen molar-refractivity contribution in [3.05, 3.63) is 29.8 Å². The van der Waals surface area contributed by atoms with Crippen molar-refractivity contribution in [3.63, 3.8) is 0 Å². The number of carbonyl (C=O) groups excluding carboxylic acids is 1. The quantitative estimate of drug-likeness (QED) is 0.793. The Bertz CT molecular complexity index is 578. The van der Waals surface area contributed by atoms with Gasteiger partial charge >= 0.3 is 6.36 Å². The van der Waals surface area contributed by atoms with E-state index < -0.39 is 6.36 Å². The van der Waals surface area contributed by atoms with Crippen LogP contribution in [0.4, 0.5) is 13.2 Å². The SMILES string of the molecule is CC(CC(=O)N(C)Cc1cccc(OC(F)(F)F)c1)C1CCCNC1.Cl. The van der Waals surface area contributed by atoms with E-state index in [1.807, 2.05) is 0 Å². The Morgan fingerprint density at radius 3 is 2.77 bits per heavy atom. The Morgan fingerprint density at radius 1 is 1.42 bits per heavy atom. The maximum Gasteiger partial charge on any atom is 0.573 e. The lowest BCUT2D eigenvalue weighted by Gasteiger charge is -2.29. The highest BCUT2D eigenvalue weighted by Crippen LogP contribution is 2.25. The van der Waals surface area contributed by atoms with Crippen molar-refractivity contribution < 1.29 is 22.7 Å². The van der Waals surface area contributed by atoms with Gasteiger partial charge in [-0.15, -0.1) is 25.6 Å². The molecule has 1 aromatic rings. The molecule has 2 unspecified atom stereocenters. The zero-order chi connectivity index (χ0) is 18.4. The largest absolute Gasteiger partial charge is 0.573 e. The molecule has 0 radical (unpaired) electrons. The summed E-state index contributed by atoms with van der Waals surface area (Å²) in [6, 6.07) is 5.73. The van der Waals surface area contributed by atoms with Crippen LogP contribution in [-0.4, -0.2) is 37.3 Å². The lowest BCUT2D eigenvalue weighted by atomic mass is 9.85. The molecule has 0 aliphatic carbocycles. The molecule has 0 bridgehead atoms. The average Bonchev–Trinajstić information content (AvgIpc) is 2.54.